The molecule has 1 amide bonds. The molecule has 156 valence electrons. The van der Waals surface area contributed by atoms with E-state index in [1.54, 1.807) is 6.07 Å². The smallest absolute Gasteiger partial charge is 0.255 e. The van der Waals surface area contributed by atoms with E-state index >= 15 is 0 Å². The van der Waals surface area contributed by atoms with Gasteiger partial charge in [-0.1, -0.05) is 31.2 Å². The van der Waals surface area contributed by atoms with E-state index in [1.807, 2.05) is 31.2 Å². The predicted octanol–water partition coefficient (Wildman–Crippen LogP) is 3.53. The van der Waals surface area contributed by atoms with Crippen LogP contribution in [0.5, 0.6) is 5.75 Å². The maximum atomic E-state index is 12.9. The minimum absolute atomic E-state index is 0.116. The molecule has 7 heteroatoms. The Labute approximate surface area is 172 Å². The standard InChI is InChI=1S/C22H28N2O4S/c1-4-17-7-9-18(10-8-17)16(2)23-22(25)20-15-19(11-12-21(20)28-3)29(26,27)24-13-5-6-14-24/h7-12,15-16H,4-6,13-14H2,1-3H3,(H,23,25)/t16-/m1/s1. The maximum absolute atomic E-state index is 12.9. The number of carbonyl (C=O) groups excluding carboxylic acids is 1. The van der Waals surface area contributed by atoms with Crippen molar-refractivity contribution < 1.29 is 17.9 Å². The Morgan fingerprint density at radius 1 is 1.14 bits per heavy atom. The monoisotopic (exact) mass is 416 g/mol. The summed E-state index contributed by atoms with van der Waals surface area (Å²) in [6.07, 6.45) is 2.67. The molecule has 1 atom stereocenters. The zero-order chi connectivity index (χ0) is 21.0. The number of amides is 1. The lowest BCUT2D eigenvalue weighted by Gasteiger charge is -2.19. The quantitative estimate of drug-likeness (QED) is 0.749. The lowest BCUT2D eigenvalue weighted by Crippen LogP contribution is -2.29. The number of hydrogen-bond acceptors (Lipinski definition) is 4. The maximum Gasteiger partial charge on any atom is 0.255 e. The van der Waals surface area contributed by atoms with Crippen LogP contribution in [0.3, 0.4) is 0 Å². The number of sulfonamides is 1. The lowest BCUT2D eigenvalue weighted by atomic mass is 10.0. The highest BCUT2D eigenvalue weighted by molar-refractivity contribution is 7.89. The summed E-state index contributed by atoms with van der Waals surface area (Å²) in [4.78, 5) is 13.0. The minimum atomic E-state index is -3.61. The Balaban J connectivity index is 1.84. The van der Waals surface area contributed by atoms with E-state index in [9.17, 15) is 13.2 Å². The van der Waals surface area contributed by atoms with E-state index in [0.717, 1.165) is 24.8 Å². The third kappa shape index (κ3) is 4.62. The van der Waals surface area contributed by atoms with E-state index in [0.29, 0.717) is 18.8 Å². The highest BCUT2D eigenvalue weighted by Crippen LogP contribution is 2.27. The Morgan fingerprint density at radius 2 is 1.79 bits per heavy atom. The van der Waals surface area contributed by atoms with Gasteiger partial charge < -0.3 is 10.1 Å². The second-order valence-corrected chi connectivity index (χ2v) is 9.20. The van der Waals surface area contributed by atoms with Crippen LogP contribution < -0.4 is 10.1 Å². The number of ether oxygens (including phenoxy) is 1. The van der Waals surface area contributed by atoms with Gasteiger partial charge in [-0.15, -0.1) is 0 Å². The van der Waals surface area contributed by atoms with Crippen LogP contribution in [-0.4, -0.2) is 38.8 Å². The summed E-state index contributed by atoms with van der Waals surface area (Å²) in [6.45, 7) is 5.02. The number of hydrogen-bond donors (Lipinski definition) is 1. The first-order chi connectivity index (χ1) is 13.9. The van der Waals surface area contributed by atoms with Crippen LogP contribution in [-0.2, 0) is 16.4 Å². The van der Waals surface area contributed by atoms with Gasteiger partial charge in [0, 0.05) is 13.1 Å². The molecule has 0 radical (unpaired) electrons. The zero-order valence-electron chi connectivity index (χ0n) is 17.1. The number of benzene rings is 2. The van der Waals surface area contributed by atoms with E-state index in [-0.39, 0.29) is 22.4 Å². The largest absolute Gasteiger partial charge is 0.496 e. The molecule has 1 heterocycles. The van der Waals surface area contributed by atoms with Crippen LogP contribution in [0.25, 0.3) is 0 Å². The molecule has 0 unspecified atom stereocenters. The van der Waals surface area contributed by atoms with E-state index < -0.39 is 10.0 Å². The minimum Gasteiger partial charge on any atom is -0.496 e. The van der Waals surface area contributed by atoms with Crippen LogP contribution in [0.2, 0.25) is 0 Å². The predicted molar refractivity (Wildman–Crippen MR) is 113 cm³/mol. The van der Waals surface area contributed by atoms with Crippen molar-refractivity contribution in [1.29, 1.82) is 0 Å². The van der Waals surface area contributed by atoms with E-state index in [4.69, 9.17) is 4.74 Å². The molecule has 1 saturated heterocycles. The molecule has 6 nitrogen and oxygen atoms in total. The number of nitrogens with zero attached hydrogens (tertiary/aromatic N) is 1. The van der Waals surface area contributed by atoms with Crippen LogP contribution >= 0.6 is 0 Å². The number of carbonyl (C=O) groups is 1. The van der Waals surface area contributed by atoms with Crippen molar-refractivity contribution in [2.75, 3.05) is 20.2 Å². The molecule has 3 rings (SSSR count). The van der Waals surface area contributed by atoms with Crippen molar-refractivity contribution in [2.45, 2.75) is 44.0 Å². The Hall–Kier alpha value is -2.38. The molecule has 0 aliphatic carbocycles. The number of aryl methyl sites for hydroxylation is 1. The van der Waals surface area contributed by atoms with Gasteiger partial charge in [-0.05, 0) is 55.5 Å². The molecule has 2 aromatic rings. The normalized spacial score (nSPS) is 15.8. The number of nitrogens with one attached hydrogen (secondary N) is 1. The molecule has 1 aliphatic rings. The summed E-state index contributed by atoms with van der Waals surface area (Å²) in [5.74, 6) is -0.0243. The van der Waals surface area contributed by atoms with Crippen molar-refractivity contribution in [3.8, 4) is 5.75 Å². The van der Waals surface area contributed by atoms with E-state index in [2.05, 4.69) is 12.2 Å². The van der Waals surface area contributed by atoms with Crippen molar-refractivity contribution in [2.24, 2.45) is 0 Å². The van der Waals surface area contributed by atoms with Crippen molar-refractivity contribution >= 4 is 15.9 Å². The molecule has 29 heavy (non-hydrogen) atoms. The second kappa shape index (κ2) is 8.97. The molecular weight excluding hydrogens is 388 g/mol. The van der Waals surface area contributed by atoms with Gasteiger partial charge >= 0.3 is 0 Å². The van der Waals surface area contributed by atoms with Crippen LogP contribution in [0.15, 0.2) is 47.4 Å². The van der Waals surface area contributed by atoms with Gasteiger partial charge in [0.15, 0.2) is 0 Å². The van der Waals surface area contributed by atoms with Crippen molar-refractivity contribution in [3.63, 3.8) is 0 Å². The van der Waals surface area contributed by atoms with Crippen molar-refractivity contribution in [1.82, 2.24) is 9.62 Å². The average Bonchev–Trinajstić information content (AvgIpc) is 3.29. The topological polar surface area (TPSA) is 75.7 Å². The fourth-order valence-electron chi connectivity index (χ4n) is 3.50. The van der Waals surface area contributed by atoms with Gasteiger partial charge in [-0.25, -0.2) is 8.42 Å². The molecular formula is C22H28N2O4S. The van der Waals surface area contributed by atoms with Crippen LogP contribution in [0.4, 0.5) is 0 Å². The molecule has 0 aromatic heterocycles. The Kier molecular flexibility index (Phi) is 6.59. The second-order valence-electron chi connectivity index (χ2n) is 7.26. The molecule has 1 fully saturated rings. The molecule has 0 spiro atoms. The summed E-state index contributed by atoms with van der Waals surface area (Å²) in [5.41, 5.74) is 2.42. The summed E-state index contributed by atoms with van der Waals surface area (Å²) in [7, 11) is -2.14. The third-order valence-corrected chi connectivity index (χ3v) is 7.25. The van der Waals surface area contributed by atoms with Gasteiger partial charge in [0.25, 0.3) is 5.91 Å². The van der Waals surface area contributed by atoms with Crippen molar-refractivity contribution in [3.05, 3.63) is 59.2 Å². The summed E-state index contributed by atoms with van der Waals surface area (Å²) < 4.78 is 32.5. The number of methoxy groups -OCH3 is 1. The van der Waals surface area contributed by atoms with E-state index in [1.165, 1.54) is 29.1 Å². The molecule has 1 aliphatic heterocycles. The average molecular weight is 417 g/mol. The van der Waals surface area contributed by atoms with Gasteiger partial charge in [0.1, 0.15) is 5.75 Å². The summed E-state index contributed by atoms with van der Waals surface area (Å²) in [5, 5.41) is 2.95. The Bertz CT molecular complexity index is 965. The first kappa shape index (κ1) is 21.3. The lowest BCUT2D eigenvalue weighted by molar-refractivity contribution is 0.0936. The van der Waals surface area contributed by atoms with Crippen LogP contribution in [0.1, 0.15) is 54.2 Å². The highest BCUT2D eigenvalue weighted by Gasteiger charge is 2.28. The third-order valence-electron chi connectivity index (χ3n) is 5.35. The fourth-order valence-corrected chi connectivity index (χ4v) is 5.05. The molecule has 2 aromatic carbocycles. The fraction of sp³-hybridized carbons (Fsp3) is 0.409. The highest BCUT2D eigenvalue weighted by atomic mass is 32.2. The molecule has 0 saturated carbocycles. The van der Waals surface area contributed by atoms with Crippen LogP contribution in [0, 0.1) is 0 Å². The first-order valence-electron chi connectivity index (χ1n) is 9.94. The van der Waals surface area contributed by atoms with Gasteiger partial charge in [0.05, 0.1) is 23.6 Å². The number of rotatable bonds is 7. The zero-order valence-corrected chi connectivity index (χ0v) is 18.0. The molecule has 0 bridgehead atoms. The first-order valence-corrected chi connectivity index (χ1v) is 11.4. The molecule has 1 N–H and O–H groups in total. The van der Waals surface area contributed by atoms with Gasteiger partial charge in [-0.2, -0.15) is 4.31 Å². The van der Waals surface area contributed by atoms with Gasteiger partial charge in [-0.3, -0.25) is 4.79 Å². The van der Waals surface area contributed by atoms with Gasteiger partial charge in [0.2, 0.25) is 10.0 Å². The summed E-state index contributed by atoms with van der Waals surface area (Å²) in [6, 6.07) is 12.3. The summed E-state index contributed by atoms with van der Waals surface area (Å²) >= 11 is 0. The Morgan fingerprint density at radius 3 is 2.38 bits per heavy atom. The SMILES string of the molecule is CCc1ccc([C@@H](C)NC(=O)c2cc(S(=O)(=O)N3CCCC3)ccc2OC)cc1.